The maximum Gasteiger partial charge on any atom is 0.255 e. The van der Waals surface area contributed by atoms with Crippen molar-refractivity contribution in [2.24, 2.45) is 0 Å². The van der Waals surface area contributed by atoms with E-state index in [1.807, 2.05) is 14.1 Å². The summed E-state index contributed by atoms with van der Waals surface area (Å²) in [5, 5.41) is 4.79. The number of nitrogens with one attached hydrogen (secondary N) is 1. The summed E-state index contributed by atoms with van der Waals surface area (Å²) in [5.74, 6) is -1.36. The molecule has 0 saturated carbocycles. The van der Waals surface area contributed by atoms with Crippen LogP contribution in [0.3, 0.4) is 0 Å². The van der Waals surface area contributed by atoms with E-state index in [1.165, 1.54) is 33.0 Å². The van der Waals surface area contributed by atoms with E-state index in [2.05, 4.69) is 51.5 Å². The lowest BCUT2D eigenvalue weighted by Crippen LogP contribution is -2.52. The summed E-state index contributed by atoms with van der Waals surface area (Å²) in [6.45, 7) is 2.92. The van der Waals surface area contributed by atoms with Crippen LogP contribution >= 0.6 is 0 Å². The second-order valence-corrected chi connectivity index (χ2v) is 11.2. The van der Waals surface area contributed by atoms with E-state index in [0.717, 1.165) is 43.6 Å². The lowest BCUT2D eigenvalue weighted by Gasteiger charge is -2.33. The molecule has 3 heterocycles. The number of hydrogen-bond acceptors (Lipinski definition) is 5. The van der Waals surface area contributed by atoms with Crippen LogP contribution in [-0.4, -0.2) is 60.7 Å². The third-order valence-electron chi connectivity index (χ3n) is 8.49. The number of hydrogen-bond donors (Lipinski definition) is 1. The predicted molar refractivity (Wildman–Crippen MR) is 148 cm³/mol. The molecule has 3 amide bonds. The molecule has 0 aliphatic carbocycles. The highest BCUT2D eigenvalue weighted by molar-refractivity contribution is 6.05. The molecule has 6 rings (SSSR count). The van der Waals surface area contributed by atoms with E-state index in [4.69, 9.17) is 0 Å². The number of fused-ring (bicyclic) bond motifs is 2. The predicted octanol–water partition coefficient (Wildman–Crippen LogP) is 4.19. The number of nitrogens with zero attached hydrogens (tertiary/aromatic N) is 3. The van der Waals surface area contributed by atoms with Gasteiger partial charge in [0.2, 0.25) is 11.8 Å². The van der Waals surface area contributed by atoms with Crippen LogP contribution < -0.4 is 10.2 Å². The molecule has 3 aromatic rings. The Labute approximate surface area is 227 Å². The van der Waals surface area contributed by atoms with E-state index in [1.54, 1.807) is 6.07 Å². The average Bonchev–Trinajstić information content (AvgIpc) is 3.24. The summed E-state index contributed by atoms with van der Waals surface area (Å²) >= 11 is 0. The summed E-state index contributed by atoms with van der Waals surface area (Å²) in [7, 11) is 4.09. The lowest BCUT2D eigenvalue weighted by atomic mass is 9.85. The van der Waals surface area contributed by atoms with Gasteiger partial charge in [-0.15, -0.1) is 0 Å². The first-order valence-electron chi connectivity index (χ1n) is 13.7. The van der Waals surface area contributed by atoms with Crippen molar-refractivity contribution in [2.45, 2.75) is 50.7 Å². The van der Waals surface area contributed by atoms with E-state index in [0.29, 0.717) is 12.0 Å². The zero-order valence-electron chi connectivity index (χ0n) is 22.4. The molecular weight excluding hydrogens is 495 g/mol. The Bertz CT molecular complexity index is 1480. The van der Waals surface area contributed by atoms with Crippen molar-refractivity contribution in [3.05, 3.63) is 76.6 Å². The van der Waals surface area contributed by atoms with Crippen molar-refractivity contribution in [3.63, 3.8) is 0 Å². The molecule has 0 aromatic heterocycles. The fraction of sp³-hybridized carbons (Fsp3) is 0.387. The highest BCUT2D eigenvalue weighted by atomic mass is 19.1. The Morgan fingerprint density at radius 3 is 2.44 bits per heavy atom. The molecule has 1 atom stereocenters. The van der Waals surface area contributed by atoms with Crippen LogP contribution in [0.15, 0.2) is 48.5 Å². The number of likely N-dealkylation sites (tertiary alicyclic amines) is 1. The molecule has 7 nitrogen and oxygen atoms in total. The van der Waals surface area contributed by atoms with Gasteiger partial charge in [-0.3, -0.25) is 24.6 Å². The number of carbonyl (C=O) groups excluding carboxylic acids is 3. The van der Waals surface area contributed by atoms with Crippen LogP contribution in [0, 0.1) is 5.82 Å². The van der Waals surface area contributed by atoms with Gasteiger partial charge in [0.15, 0.2) is 0 Å². The highest BCUT2D eigenvalue weighted by Crippen LogP contribution is 2.38. The molecule has 0 spiro atoms. The second kappa shape index (κ2) is 10.1. The molecular formula is C31H33FN4O3. The number of imide groups is 1. The maximum absolute atomic E-state index is 14.7. The van der Waals surface area contributed by atoms with Crippen LogP contribution in [0.2, 0.25) is 0 Å². The third-order valence-corrected chi connectivity index (χ3v) is 8.49. The van der Waals surface area contributed by atoms with Gasteiger partial charge in [0, 0.05) is 44.9 Å². The lowest BCUT2D eigenvalue weighted by molar-refractivity contribution is -0.136. The van der Waals surface area contributed by atoms with Gasteiger partial charge in [-0.1, -0.05) is 18.2 Å². The second-order valence-electron chi connectivity index (χ2n) is 11.2. The molecule has 1 N–H and O–H groups in total. The normalized spacial score (nSPS) is 20.4. The molecule has 0 bridgehead atoms. The van der Waals surface area contributed by atoms with Crippen LogP contribution in [0.1, 0.15) is 58.6 Å². The van der Waals surface area contributed by atoms with Gasteiger partial charge in [0.25, 0.3) is 5.91 Å². The van der Waals surface area contributed by atoms with E-state index < -0.39 is 17.8 Å². The number of amides is 3. The van der Waals surface area contributed by atoms with E-state index in [-0.39, 0.29) is 30.7 Å². The smallest absolute Gasteiger partial charge is 0.255 e. The van der Waals surface area contributed by atoms with Gasteiger partial charge in [-0.05, 0) is 96.1 Å². The minimum atomic E-state index is -0.697. The summed E-state index contributed by atoms with van der Waals surface area (Å²) in [6, 6.07) is 15.3. The van der Waals surface area contributed by atoms with Gasteiger partial charge in [-0.25, -0.2) is 4.39 Å². The summed E-state index contributed by atoms with van der Waals surface area (Å²) in [5.41, 5.74) is 4.52. The van der Waals surface area contributed by atoms with Crippen molar-refractivity contribution in [1.29, 1.82) is 0 Å². The fourth-order valence-electron chi connectivity index (χ4n) is 6.34. The molecule has 8 heteroatoms. The van der Waals surface area contributed by atoms with Gasteiger partial charge in [-0.2, -0.15) is 0 Å². The average molecular weight is 529 g/mol. The quantitative estimate of drug-likeness (QED) is 0.503. The van der Waals surface area contributed by atoms with Crippen LogP contribution in [-0.2, 0) is 22.7 Å². The van der Waals surface area contributed by atoms with Gasteiger partial charge in [0.1, 0.15) is 11.9 Å². The SMILES string of the molecule is CN(C)c1ccc2cc(CN3CCC(c4cc(F)cc5c4CN(C4CCC(=O)NC4=O)C5=O)CC3)ccc2c1. The summed E-state index contributed by atoms with van der Waals surface area (Å²) in [4.78, 5) is 43.3. The van der Waals surface area contributed by atoms with Crippen molar-refractivity contribution in [3.8, 4) is 0 Å². The first kappa shape index (κ1) is 25.5. The summed E-state index contributed by atoms with van der Waals surface area (Å²) in [6.07, 6.45) is 2.25. The summed E-state index contributed by atoms with van der Waals surface area (Å²) < 4.78 is 14.7. The molecule has 3 aliphatic heterocycles. The zero-order chi connectivity index (χ0) is 27.3. The van der Waals surface area contributed by atoms with Crippen molar-refractivity contribution in [1.82, 2.24) is 15.1 Å². The van der Waals surface area contributed by atoms with Crippen LogP contribution in [0.4, 0.5) is 10.1 Å². The third kappa shape index (κ3) is 4.89. The fourth-order valence-corrected chi connectivity index (χ4v) is 6.34. The Morgan fingerprint density at radius 2 is 1.69 bits per heavy atom. The van der Waals surface area contributed by atoms with Crippen LogP contribution in [0.25, 0.3) is 10.8 Å². The minimum absolute atomic E-state index is 0.154. The number of rotatable bonds is 5. The highest BCUT2D eigenvalue weighted by Gasteiger charge is 2.41. The Hall–Kier alpha value is -3.78. The molecule has 2 fully saturated rings. The minimum Gasteiger partial charge on any atom is -0.378 e. The molecule has 39 heavy (non-hydrogen) atoms. The Morgan fingerprint density at radius 1 is 0.949 bits per heavy atom. The molecule has 1 unspecified atom stereocenters. The molecule has 2 saturated heterocycles. The van der Waals surface area contributed by atoms with Crippen molar-refractivity contribution < 1.29 is 18.8 Å². The number of benzene rings is 3. The topological polar surface area (TPSA) is 73.0 Å². The number of piperidine rings is 2. The van der Waals surface area contributed by atoms with Crippen molar-refractivity contribution in [2.75, 3.05) is 32.1 Å². The number of carbonyl (C=O) groups is 3. The molecule has 202 valence electrons. The Balaban J connectivity index is 1.14. The van der Waals surface area contributed by atoms with E-state index >= 15 is 0 Å². The number of halogens is 1. The van der Waals surface area contributed by atoms with Crippen LogP contribution in [0.5, 0.6) is 0 Å². The molecule has 3 aromatic carbocycles. The Kier molecular flexibility index (Phi) is 6.59. The largest absolute Gasteiger partial charge is 0.378 e. The monoisotopic (exact) mass is 528 g/mol. The first-order valence-corrected chi connectivity index (χ1v) is 13.7. The number of anilines is 1. The van der Waals surface area contributed by atoms with Gasteiger partial charge >= 0.3 is 0 Å². The maximum atomic E-state index is 14.7. The molecule has 3 aliphatic rings. The van der Waals surface area contributed by atoms with Crippen molar-refractivity contribution >= 4 is 34.2 Å². The van der Waals surface area contributed by atoms with Gasteiger partial charge < -0.3 is 9.80 Å². The van der Waals surface area contributed by atoms with Gasteiger partial charge in [0.05, 0.1) is 0 Å². The van der Waals surface area contributed by atoms with E-state index in [9.17, 15) is 18.8 Å². The standard InChI is InChI=1S/C31H33FN4O3/c1-34(2)24-6-5-21-13-19(3-4-22(21)14-24)17-35-11-9-20(10-12-35)25-15-23(32)16-26-27(25)18-36(31(26)39)28-7-8-29(37)33-30(28)38/h3-6,13-16,20,28H,7-12,17-18H2,1-2H3,(H,33,37,38). The first-order chi connectivity index (χ1) is 18.8. The molecule has 0 radical (unpaired) electrons. The zero-order valence-corrected chi connectivity index (χ0v) is 22.4.